The van der Waals surface area contributed by atoms with Crippen LogP contribution in [-0.4, -0.2) is 69.3 Å². The molecule has 2 aliphatic rings. The van der Waals surface area contributed by atoms with E-state index in [1.165, 1.54) is 5.57 Å². The summed E-state index contributed by atoms with van der Waals surface area (Å²) < 4.78 is 11.2. The lowest BCUT2D eigenvalue weighted by Gasteiger charge is -2.26. The van der Waals surface area contributed by atoms with E-state index in [-0.39, 0.29) is 6.03 Å². The number of anilines is 1. The number of carbonyl (C=O) groups excluding carboxylic acids is 1. The van der Waals surface area contributed by atoms with Crippen LogP contribution in [0.25, 0.3) is 0 Å². The van der Waals surface area contributed by atoms with Gasteiger partial charge in [-0.3, -0.25) is 9.89 Å². The molecule has 1 unspecified atom stereocenters. The lowest BCUT2D eigenvalue weighted by Crippen LogP contribution is -2.38. The Balaban J connectivity index is 1.29. The Kier molecular flexibility index (Phi) is 9.84. The molecule has 3 rings (SSSR count). The van der Waals surface area contributed by atoms with Crippen molar-refractivity contribution in [1.82, 2.24) is 10.2 Å². The van der Waals surface area contributed by atoms with E-state index in [1.807, 2.05) is 24.3 Å². The van der Waals surface area contributed by atoms with E-state index < -0.39 is 0 Å². The van der Waals surface area contributed by atoms with Gasteiger partial charge in [-0.15, -0.1) is 0 Å². The van der Waals surface area contributed by atoms with Crippen molar-refractivity contribution in [3.8, 4) is 5.75 Å². The molecule has 0 saturated carbocycles. The van der Waals surface area contributed by atoms with Gasteiger partial charge in [0.25, 0.3) is 0 Å². The molecule has 2 amide bonds. The number of morpholine rings is 1. The molecule has 2 heterocycles. The van der Waals surface area contributed by atoms with Crippen molar-refractivity contribution in [2.24, 2.45) is 16.6 Å². The third-order valence-corrected chi connectivity index (χ3v) is 5.80. The first-order valence-electron chi connectivity index (χ1n) is 11.7. The Morgan fingerprint density at radius 1 is 1.31 bits per heavy atom. The zero-order valence-electron chi connectivity index (χ0n) is 19.1. The highest BCUT2D eigenvalue weighted by Gasteiger charge is 2.11. The minimum Gasteiger partial charge on any atom is -0.492 e. The Hall–Kier alpha value is -2.58. The monoisotopic (exact) mass is 443 g/mol. The third kappa shape index (κ3) is 8.51. The van der Waals surface area contributed by atoms with Gasteiger partial charge in [0.1, 0.15) is 18.2 Å². The maximum absolute atomic E-state index is 12.2. The van der Waals surface area contributed by atoms with Crippen LogP contribution in [0.3, 0.4) is 0 Å². The van der Waals surface area contributed by atoms with Gasteiger partial charge < -0.3 is 25.8 Å². The second-order valence-corrected chi connectivity index (χ2v) is 8.44. The first-order valence-corrected chi connectivity index (χ1v) is 11.7. The minimum absolute atomic E-state index is 0.194. The Morgan fingerprint density at radius 2 is 2.09 bits per heavy atom. The van der Waals surface area contributed by atoms with Gasteiger partial charge in [-0.25, -0.2) is 4.79 Å². The van der Waals surface area contributed by atoms with Gasteiger partial charge in [-0.1, -0.05) is 13.0 Å². The molecule has 176 valence electrons. The molecule has 1 saturated heterocycles. The van der Waals surface area contributed by atoms with Gasteiger partial charge in [0.15, 0.2) is 0 Å². The number of ether oxygens (including phenoxy) is 2. The molecule has 8 heteroatoms. The van der Waals surface area contributed by atoms with E-state index in [0.29, 0.717) is 24.9 Å². The summed E-state index contributed by atoms with van der Waals surface area (Å²) in [5.41, 5.74) is 7.86. The van der Waals surface area contributed by atoms with Crippen LogP contribution < -0.4 is 21.1 Å². The van der Waals surface area contributed by atoms with Crippen molar-refractivity contribution >= 4 is 17.6 Å². The summed E-state index contributed by atoms with van der Waals surface area (Å²) in [4.78, 5) is 18.8. The molecule has 4 N–H and O–H groups in total. The number of hydrogen-bond donors (Lipinski definition) is 3. The molecule has 0 aromatic heterocycles. The van der Waals surface area contributed by atoms with Crippen LogP contribution in [0.5, 0.6) is 5.75 Å². The number of benzene rings is 1. The van der Waals surface area contributed by atoms with Crippen LogP contribution in [0.1, 0.15) is 32.6 Å². The molecular formula is C24H37N5O3. The number of amides is 2. The van der Waals surface area contributed by atoms with Crippen LogP contribution in [0, 0.1) is 5.92 Å². The SMILES string of the molecule is CC(C/C=C1/CCCN=C1N)CCNC(=O)Nc1ccc(OCCN2CCOCC2)cc1. The lowest BCUT2D eigenvalue weighted by molar-refractivity contribution is 0.0322. The number of nitrogens with two attached hydrogens (primary N) is 1. The largest absolute Gasteiger partial charge is 0.492 e. The molecule has 32 heavy (non-hydrogen) atoms. The van der Waals surface area contributed by atoms with E-state index in [9.17, 15) is 4.79 Å². The topological polar surface area (TPSA) is 101 Å². The smallest absolute Gasteiger partial charge is 0.319 e. The Morgan fingerprint density at radius 3 is 2.84 bits per heavy atom. The number of nitrogens with zero attached hydrogens (tertiary/aromatic N) is 2. The number of nitrogens with one attached hydrogen (secondary N) is 2. The van der Waals surface area contributed by atoms with E-state index in [1.54, 1.807) is 0 Å². The summed E-state index contributed by atoms with van der Waals surface area (Å²) in [6.07, 6.45) is 6.14. The van der Waals surface area contributed by atoms with Gasteiger partial charge in [0, 0.05) is 38.4 Å². The van der Waals surface area contributed by atoms with Crippen LogP contribution >= 0.6 is 0 Å². The first-order chi connectivity index (χ1) is 15.6. The van der Waals surface area contributed by atoms with Crippen molar-refractivity contribution in [3.63, 3.8) is 0 Å². The number of amidine groups is 1. The zero-order valence-corrected chi connectivity index (χ0v) is 19.1. The number of hydrogen-bond acceptors (Lipinski definition) is 6. The molecule has 1 aromatic carbocycles. The molecule has 1 aromatic rings. The molecule has 1 fully saturated rings. The van der Waals surface area contributed by atoms with Crippen molar-refractivity contribution < 1.29 is 14.3 Å². The van der Waals surface area contributed by atoms with E-state index in [0.717, 1.165) is 76.5 Å². The summed E-state index contributed by atoms with van der Waals surface area (Å²) in [5, 5.41) is 5.80. The van der Waals surface area contributed by atoms with Gasteiger partial charge in [-0.05, 0) is 61.4 Å². The maximum atomic E-state index is 12.2. The fraction of sp³-hybridized carbons (Fsp3) is 0.583. The van der Waals surface area contributed by atoms with Gasteiger partial charge in [-0.2, -0.15) is 0 Å². The highest BCUT2D eigenvalue weighted by atomic mass is 16.5. The Bertz CT molecular complexity index is 772. The Labute approximate surface area is 191 Å². The quantitative estimate of drug-likeness (QED) is 0.516. The van der Waals surface area contributed by atoms with Gasteiger partial charge >= 0.3 is 6.03 Å². The number of allylic oxidation sites excluding steroid dienone is 1. The predicted molar refractivity (Wildman–Crippen MR) is 128 cm³/mol. The first kappa shape index (κ1) is 24.1. The average molecular weight is 444 g/mol. The van der Waals surface area contributed by atoms with Crippen LogP contribution in [-0.2, 0) is 4.74 Å². The summed E-state index contributed by atoms with van der Waals surface area (Å²) in [6, 6.07) is 7.28. The second-order valence-electron chi connectivity index (χ2n) is 8.44. The molecule has 8 nitrogen and oxygen atoms in total. The molecule has 1 atom stereocenters. The summed E-state index contributed by atoms with van der Waals surface area (Å²) >= 11 is 0. The third-order valence-electron chi connectivity index (χ3n) is 5.80. The number of rotatable bonds is 10. The zero-order chi connectivity index (χ0) is 22.6. The van der Waals surface area contributed by atoms with E-state index >= 15 is 0 Å². The van der Waals surface area contributed by atoms with Crippen molar-refractivity contribution in [2.75, 3.05) is 57.9 Å². The van der Waals surface area contributed by atoms with E-state index in [2.05, 4.69) is 33.5 Å². The molecule has 0 bridgehead atoms. The molecule has 0 spiro atoms. The average Bonchev–Trinajstić information content (AvgIpc) is 2.80. The van der Waals surface area contributed by atoms with E-state index in [4.69, 9.17) is 15.2 Å². The number of urea groups is 1. The lowest BCUT2D eigenvalue weighted by atomic mass is 9.99. The van der Waals surface area contributed by atoms with Gasteiger partial charge in [0.05, 0.1) is 13.2 Å². The summed E-state index contributed by atoms with van der Waals surface area (Å²) in [5.74, 6) is 1.96. The molecular weight excluding hydrogens is 406 g/mol. The number of carbonyl (C=O) groups is 1. The van der Waals surface area contributed by atoms with Crippen molar-refractivity contribution in [1.29, 1.82) is 0 Å². The second kappa shape index (κ2) is 13.1. The normalized spacial score (nSPS) is 19.3. The minimum atomic E-state index is -0.194. The highest BCUT2D eigenvalue weighted by Crippen LogP contribution is 2.17. The molecule has 0 aliphatic carbocycles. The van der Waals surface area contributed by atoms with Crippen molar-refractivity contribution in [3.05, 3.63) is 35.9 Å². The maximum Gasteiger partial charge on any atom is 0.319 e. The molecule has 0 radical (unpaired) electrons. The number of aliphatic imine (C=N–C) groups is 1. The van der Waals surface area contributed by atoms with Crippen LogP contribution in [0.15, 0.2) is 40.9 Å². The van der Waals surface area contributed by atoms with Gasteiger partial charge in [0.2, 0.25) is 0 Å². The highest BCUT2D eigenvalue weighted by molar-refractivity contribution is 5.97. The summed E-state index contributed by atoms with van der Waals surface area (Å²) in [7, 11) is 0. The summed E-state index contributed by atoms with van der Waals surface area (Å²) in [6.45, 7) is 8.69. The van der Waals surface area contributed by atoms with Crippen LogP contribution in [0.2, 0.25) is 0 Å². The standard InChI is InChI=1S/C24H37N5O3/c1-19(4-5-20-3-2-11-26-23(20)25)10-12-27-24(30)28-21-6-8-22(9-7-21)32-18-15-29-13-16-31-17-14-29/h5-9,19H,2-4,10-18H2,1H3,(H2,25,26)(H2,27,28,30)/b20-5-. The van der Waals surface area contributed by atoms with Crippen molar-refractivity contribution in [2.45, 2.75) is 32.6 Å². The van der Waals surface area contributed by atoms with Crippen LogP contribution in [0.4, 0.5) is 10.5 Å². The molecule has 2 aliphatic heterocycles. The predicted octanol–water partition coefficient (Wildman–Crippen LogP) is 3.01. The fourth-order valence-corrected chi connectivity index (χ4v) is 3.73. The fourth-order valence-electron chi connectivity index (χ4n) is 3.73.